The number of thiophene rings is 1. The first-order valence-electron chi connectivity index (χ1n) is 14.3. The van der Waals surface area contributed by atoms with Gasteiger partial charge in [-0.2, -0.15) is 0 Å². The van der Waals surface area contributed by atoms with Crippen molar-refractivity contribution >= 4 is 59.3 Å². The number of anilines is 3. The van der Waals surface area contributed by atoms with E-state index in [0.717, 1.165) is 11.4 Å². The molecule has 7 aromatic carbocycles. The Hall–Kier alpha value is -5.18. The maximum absolute atomic E-state index is 2.41. The van der Waals surface area contributed by atoms with E-state index >= 15 is 0 Å². The summed E-state index contributed by atoms with van der Waals surface area (Å²) in [7, 11) is 0. The average Bonchev–Trinajstić information content (AvgIpc) is 3.44. The van der Waals surface area contributed by atoms with Crippen molar-refractivity contribution in [1.29, 1.82) is 0 Å². The third-order valence-corrected chi connectivity index (χ3v) is 9.21. The van der Waals surface area contributed by atoms with E-state index in [-0.39, 0.29) is 0 Å². The summed E-state index contributed by atoms with van der Waals surface area (Å²) in [5.74, 6) is 0. The molecular weight excluding hydrogens is 527 g/mol. The predicted octanol–water partition coefficient (Wildman–Crippen LogP) is 12.0. The molecule has 0 radical (unpaired) electrons. The number of para-hydroxylation sites is 1. The molecule has 0 fully saturated rings. The third kappa shape index (κ3) is 4.25. The van der Waals surface area contributed by atoms with Crippen LogP contribution in [0.3, 0.4) is 0 Å². The zero-order valence-corrected chi connectivity index (χ0v) is 23.8. The van der Waals surface area contributed by atoms with Crippen molar-refractivity contribution in [3.05, 3.63) is 164 Å². The molecule has 0 amide bonds. The second-order valence-electron chi connectivity index (χ2n) is 10.6. The fourth-order valence-electron chi connectivity index (χ4n) is 6.08. The van der Waals surface area contributed by atoms with Crippen LogP contribution in [0.4, 0.5) is 17.1 Å². The standard InChI is InChI=1S/C40H27NS/c1-3-11-28(12-4-1)29-21-23-30(24-22-29)34-18-9-13-31-14-10-19-37(40(31)34)41(32-15-5-2-6-16-32)33-25-26-39-36(27-33)35-17-7-8-20-38(35)42-39/h1-27H. The Labute approximate surface area is 249 Å². The summed E-state index contributed by atoms with van der Waals surface area (Å²) in [6.45, 7) is 0. The van der Waals surface area contributed by atoms with Gasteiger partial charge in [-0.05, 0) is 70.1 Å². The van der Waals surface area contributed by atoms with E-state index in [4.69, 9.17) is 0 Å². The van der Waals surface area contributed by atoms with Gasteiger partial charge in [0.15, 0.2) is 0 Å². The SMILES string of the molecule is c1ccc(-c2ccc(-c3cccc4cccc(N(c5ccccc5)c5ccc6sc7ccccc7c6c5)c34)cc2)cc1. The number of nitrogens with zero attached hydrogens (tertiary/aromatic N) is 1. The smallest absolute Gasteiger partial charge is 0.0546 e. The van der Waals surface area contributed by atoms with Gasteiger partial charge in [0.1, 0.15) is 0 Å². The molecule has 0 bridgehead atoms. The number of hydrogen-bond acceptors (Lipinski definition) is 2. The molecule has 0 aliphatic heterocycles. The number of benzene rings is 7. The molecule has 198 valence electrons. The van der Waals surface area contributed by atoms with Crippen molar-refractivity contribution in [3.63, 3.8) is 0 Å². The minimum Gasteiger partial charge on any atom is -0.310 e. The molecule has 0 saturated heterocycles. The van der Waals surface area contributed by atoms with Crippen molar-refractivity contribution in [3.8, 4) is 22.3 Å². The first kappa shape index (κ1) is 24.6. The molecule has 2 heteroatoms. The summed E-state index contributed by atoms with van der Waals surface area (Å²) in [5.41, 5.74) is 8.35. The third-order valence-electron chi connectivity index (χ3n) is 8.06. The summed E-state index contributed by atoms with van der Waals surface area (Å²) in [6.07, 6.45) is 0. The second kappa shape index (κ2) is 10.3. The molecule has 0 atom stereocenters. The van der Waals surface area contributed by atoms with Crippen LogP contribution in [0.2, 0.25) is 0 Å². The van der Waals surface area contributed by atoms with Crippen LogP contribution in [0.5, 0.6) is 0 Å². The molecule has 0 spiro atoms. The first-order valence-corrected chi connectivity index (χ1v) is 15.1. The Morgan fingerprint density at radius 3 is 1.86 bits per heavy atom. The van der Waals surface area contributed by atoms with Crippen molar-refractivity contribution in [2.24, 2.45) is 0 Å². The largest absolute Gasteiger partial charge is 0.310 e. The molecule has 8 rings (SSSR count). The summed E-state index contributed by atoms with van der Waals surface area (Å²) < 4.78 is 2.63. The van der Waals surface area contributed by atoms with E-state index < -0.39 is 0 Å². The molecular formula is C40H27NS. The van der Waals surface area contributed by atoms with Gasteiger partial charge >= 0.3 is 0 Å². The van der Waals surface area contributed by atoms with Crippen molar-refractivity contribution < 1.29 is 0 Å². The quantitative estimate of drug-likeness (QED) is 0.205. The van der Waals surface area contributed by atoms with Gasteiger partial charge < -0.3 is 4.90 Å². The molecule has 0 unspecified atom stereocenters. The summed E-state index contributed by atoms with van der Waals surface area (Å²) in [6, 6.07) is 59.2. The first-order chi connectivity index (χ1) is 20.8. The Bertz CT molecular complexity index is 2170. The van der Waals surface area contributed by atoms with Gasteiger partial charge in [0.25, 0.3) is 0 Å². The highest BCUT2D eigenvalue weighted by Crippen LogP contribution is 2.45. The predicted molar refractivity (Wildman–Crippen MR) is 182 cm³/mol. The van der Waals surface area contributed by atoms with Crippen LogP contribution in [0, 0.1) is 0 Å². The fourth-order valence-corrected chi connectivity index (χ4v) is 7.16. The molecule has 1 nitrogen and oxygen atoms in total. The normalized spacial score (nSPS) is 11.3. The van der Waals surface area contributed by atoms with Crippen LogP contribution in [0.1, 0.15) is 0 Å². The molecule has 1 aromatic heterocycles. The number of fused-ring (bicyclic) bond motifs is 4. The van der Waals surface area contributed by atoms with Gasteiger partial charge in [0.05, 0.1) is 5.69 Å². The molecule has 8 aromatic rings. The van der Waals surface area contributed by atoms with Crippen LogP contribution in [0.25, 0.3) is 53.2 Å². The number of rotatable bonds is 5. The Morgan fingerprint density at radius 1 is 0.405 bits per heavy atom. The summed E-state index contributed by atoms with van der Waals surface area (Å²) in [5, 5.41) is 5.07. The van der Waals surface area contributed by atoms with E-state index in [1.54, 1.807) is 0 Å². The van der Waals surface area contributed by atoms with Gasteiger partial charge in [0, 0.05) is 36.9 Å². The number of hydrogen-bond donors (Lipinski definition) is 0. The zero-order chi connectivity index (χ0) is 27.9. The van der Waals surface area contributed by atoms with E-state index in [1.165, 1.54) is 58.9 Å². The van der Waals surface area contributed by atoms with Crippen LogP contribution in [-0.4, -0.2) is 0 Å². The van der Waals surface area contributed by atoms with E-state index in [0.29, 0.717) is 0 Å². The van der Waals surface area contributed by atoms with Crippen molar-refractivity contribution in [2.45, 2.75) is 0 Å². The topological polar surface area (TPSA) is 3.24 Å². The van der Waals surface area contributed by atoms with E-state index in [2.05, 4.69) is 169 Å². The van der Waals surface area contributed by atoms with Gasteiger partial charge in [0.2, 0.25) is 0 Å². The molecule has 42 heavy (non-hydrogen) atoms. The minimum atomic E-state index is 1.14. The lowest BCUT2D eigenvalue weighted by Gasteiger charge is -2.28. The second-order valence-corrected chi connectivity index (χ2v) is 11.7. The molecule has 0 aliphatic rings. The maximum Gasteiger partial charge on any atom is 0.0546 e. The highest BCUT2D eigenvalue weighted by molar-refractivity contribution is 7.25. The van der Waals surface area contributed by atoms with Crippen molar-refractivity contribution in [1.82, 2.24) is 0 Å². The van der Waals surface area contributed by atoms with E-state index in [1.807, 2.05) is 11.3 Å². The maximum atomic E-state index is 2.41. The molecule has 1 heterocycles. The fraction of sp³-hybridized carbons (Fsp3) is 0. The molecule has 0 saturated carbocycles. The average molecular weight is 554 g/mol. The minimum absolute atomic E-state index is 1.14. The Balaban J connectivity index is 1.34. The van der Waals surface area contributed by atoms with Gasteiger partial charge in [-0.1, -0.05) is 121 Å². The van der Waals surface area contributed by atoms with Gasteiger partial charge in [-0.25, -0.2) is 0 Å². The lowest BCUT2D eigenvalue weighted by atomic mass is 9.94. The van der Waals surface area contributed by atoms with Crippen LogP contribution in [-0.2, 0) is 0 Å². The van der Waals surface area contributed by atoms with Crippen molar-refractivity contribution in [2.75, 3.05) is 4.90 Å². The Kier molecular flexibility index (Phi) is 6.05. The van der Waals surface area contributed by atoms with Crippen LogP contribution < -0.4 is 4.90 Å². The van der Waals surface area contributed by atoms with E-state index in [9.17, 15) is 0 Å². The monoisotopic (exact) mass is 553 g/mol. The lowest BCUT2D eigenvalue weighted by Crippen LogP contribution is -2.10. The lowest BCUT2D eigenvalue weighted by molar-refractivity contribution is 1.30. The van der Waals surface area contributed by atoms with Gasteiger partial charge in [-0.15, -0.1) is 11.3 Å². The summed E-state index contributed by atoms with van der Waals surface area (Å²) in [4.78, 5) is 2.41. The van der Waals surface area contributed by atoms with Gasteiger partial charge in [-0.3, -0.25) is 0 Å². The molecule has 0 N–H and O–H groups in total. The highest BCUT2D eigenvalue weighted by atomic mass is 32.1. The Morgan fingerprint density at radius 2 is 1.05 bits per heavy atom. The molecule has 0 aliphatic carbocycles. The zero-order valence-electron chi connectivity index (χ0n) is 22.9. The van der Waals surface area contributed by atoms with Crippen LogP contribution in [0.15, 0.2) is 164 Å². The summed E-state index contributed by atoms with van der Waals surface area (Å²) >= 11 is 1.86. The highest BCUT2D eigenvalue weighted by Gasteiger charge is 2.19. The van der Waals surface area contributed by atoms with Crippen LogP contribution >= 0.6 is 11.3 Å².